The van der Waals surface area contributed by atoms with E-state index in [2.05, 4.69) is 27.0 Å². The van der Waals surface area contributed by atoms with Crippen LogP contribution in [0.25, 0.3) is 0 Å². The van der Waals surface area contributed by atoms with Crippen molar-refractivity contribution in [1.29, 1.82) is 0 Å². The molecule has 0 saturated carbocycles. The molecule has 0 unspecified atom stereocenters. The Kier molecular flexibility index (Phi) is 5.21. The highest BCUT2D eigenvalue weighted by Gasteiger charge is 2.23. The zero-order valence-electron chi connectivity index (χ0n) is 12.4. The van der Waals surface area contributed by atoms with Gasteiger partial charge in [0.1, 0.15) is 0 Å². The summed E-state index contributed by atoms with van der Waals surface area (Å²) in [6, 6.07) is 11.7. The van der Waals surface area contributed by atoms with E-state index in [-0.39, 0.29) is 11.9 Å². The molecule has 1 atom stereocenters. The molecule has 116 valence electrons. The maximum atomic E-state index is 12.2. The Morgan fingerprint density at radius 2 is 2.00 bits per heavy atom. The van der Waals surface area contributed by atoms with Gasteiger partial charge < -0.3 is 10.1 Å². The summed E-state index contributed by atoms with van der Waals surface area (Å²) in [5, 5.41) is 7.31. The molecule has 1 saturated heterocycles. The van der Waals surface area contributed by atoms with Gasteiger partial charge in [-0.25, -0.2) is 0 Å². The monoisotopic (exact) mass is 316 g/mol. The highest BCUT2D eigenvalue weighted by atomic mass is 32.1. The Labute approximate surface area is 134 Å². The first-order chi connectivity index (χ1) is 10.8. The van der Waals surface area contributed by atoms with Crippen LogP contribution in [0.1, 0.15) is 22.0 Å². The summed E-state index contributed by atoms with van der Waals surface area (Å²) in [5.41, 5.74) is 1.97. The van der Waals surface area contributed by atoms with Crippen molar-refractivity contribution in [2.24, 2.45) is 0 Å². The first kappa shape index (κ1) is 15.2. The van der Waals surface area contributed by atoms with Crippen molar-refractivity contribution in [1.82, 2.24) is 10.2 Å². The van der Waals surface area contributed by atoms with Crippen LogP contribution in [-0.2, 0) is 4.74 Å². The van der Waals surface area contributed by atoms with Crippen molar-refractivity contribution in [3.8, 4) is 0 Å². The van der Waals surface area contributed by atoms with E-state index < -0.39 is 0 Å². The Bertz CT molecular complexity index is 580. The van der Waals surface area contributed by atoms with E-state index in [9.17, 15) is 4.79 Å². The fourth-order valence-corrected chi connectivity index (χ4v) is 3.40. The first-order valence-corrected chi connectivity index (χ1v) is 8.46. The summed E-state index contributed by atoms with van der Waals surface area (Å²) in [5.74, 6) is -0.0194. The van der Waals surface area contributed by atoms with Crippen LogP contribution in [0.15, 0.2) is 47.2 Å². The fourth-order valence-electron chi connectivity index (χ4n) is 2.69. The van der Waals surface area contributed by atoms with Crippen molar-refractivity contribution in [2.75, 3.05) is 32.8 Å². The summed E-state index contributed by atoms with van der Waals surface area (Å²) >= 11 is 1.69. The third-order valence-electron chi connectivity index (χ3n) is 3.91. The normalized spacial score (nSPS) is 17.1. The van der Waals surface area contributed by atoms with Crippen molar-refractivity contribution in [3.63, 3.8) is 0 Å². The lowest BCUT2D eigenvalue weighted by Crippen LogP contribution is -2.43. The summed E-state index contributed by atoms with van der Waals surface area (Å²) in [4.78, 5) is 14.6. The molecule has 1 N–H and O–H groups in total. The molecular weight excluding hydrogens is 296 g/mol. The van der Waals surface area contributed by atoms with Crippen LogP contribution in [0.5, 0.6) is 0 Å². The topological polar surface area (TPSA) is 41.6 Å². The maximum absolute atomic E-state index is 12.2. The standard InChI is InChI=1S/C17H20N2O2S/c20-17(14-4-2-1-3-5-14)18-12-16(15-6-11-22-13-15)19-7-9-21-10-8-19/h1-6,11,13,16H,7-10,12H2,(H,18,20)/t16-/m1/s1. The zero-order valence-corrected chi connectivity index (χ0v) is 13.2. The Hall–Kier alpha value is -1.69. The Balaban J connectivity index is 1.66. The molecule has 0 spiro atoms. The molecular formula is C17H20N2O2S. The molecule has 4 nitrogen and oxygen atoms in total. The highest BCUT2D eigenvalue weighted by Crippen LogP contribution is 2.23. The lowest BCUT2D eigenvalue weighted by molar-refractivity contribution is 0.0163. The smallest absolute Gasteiger partial charge is 0.251 e. The third-order valence-corrected chi connectivity index (χ3v) is 4.61. The maximum Gasteiger partial charge on any atom is 0.251 e. The van der Waals surface area contributed by atoms with E-state index in [0.717, 1.165) is 26.3 Å². The number of hydrogen-bond donors (Lipinski definition) is 1. The van der Waals surface area contributed by atoms with Gasteiger partial charge >= 0.3 is 0 Å². The zero-order chi connectivity index (χ0) is 15.2. The predicted molar refractivity (Wildman–Crippen MR) is 88.2 cm³/mol. The van der Waals surface area contributed by atoms with E-state index >= 15 is 0 Å². The summed E-state index contributed by atoms with van der Waals surface area (Å²) in [6.45, 7) is 3.94. The first-order valence-electron chi connectivity index (χ1n) is 7.52. The SMILES string of the molecule is O=C(NC[C@H](c1ccsc1)N1CCOCC1)c1ccccc1. The van der Waals surface area contributed by atoms with E-state index in [1.165, 1.54) is 5.56 Å². The van der Waals surface area contributed by atoms with Gasteiger partial charge in [0.2, 0.25) is 0 Å². The van der Waals surface area contributed by atoms with Crippen molar-refractivity contribution >= 4 is 17.2 Å². The van der Waals surface area contributed by atoms with Crippen LogP contribution in [0.2, 0.25) is 0 Å². The lowest BCUT2D eigenvalue weighted by atomic mass is 10.1. The number of benzene rings is 1. The van der Waals surface area contributed by atoms with Gasteiger partial charge in [0.25, 0.3) is 5.91 Å². The summed E-state index contributed by atoms with van der Waals surface area (Å²) < 4.78 is 5.44. The molecule has 22 heavy (non-hydrogen) atoms. The highest BCUT2D eigenvalue weighted by molar-refractivity contribution is 7.07. The summed E-state index contributed by atoms with van der Waals surface area (Å²) in [6.07, 6.45) is 0. The van der Waals surface area contributed by atoms with Crippen LogP contribution in [0.3, 0.4) is 0 Å². The van der Waals surface area contributed by atoms with E-state index in [1.807, 2.05) is 30.3 Å². The molecule has 1 aliphatic heterocycles. The fraction of sp³-hybridized carbons (Fsp3) is 0.353. The molecule has 1 aromatic heterocycles. The molecule has 1 fully saturated rings. The molecule has 0 bridgehead atoms. The van der Waals surface area contributed by atoms with Gasteiger partial charge in [-0.3, -0.25) is 9.69 Å². The van der Waals surface area contributed by atoms with Gasteiger partial charge in [-0.2, -0.15) is 11.3 Å². The number of carbonyl (C=O) groups excluding carboxylic acids is 1. The third kappa shape index (κ3) is 3.74. The second-order valence-corrected chi connectivity index (χ2v) is 6.08. The molecule has 2 heterocycles. The second kappa shape index (κ2) is 7.54. The molecule has 1 aromatic carbocycles. The minimum Gasteiger partial charge on any atom is -0.379 e. The van der Waals surface area contributed by atoms with Gasteiger partial charge in [0.15, 0.2) is 0 Å². The molecule has 0 aliphatic carbocycles. The molecule has 0 radical (unpaired) electrons. The van der Waals surface area contributed by atoms with E-state index in [1.54, 1.807) is 11.3 Å². The Morgan fingerprint density at radius 3 is 2.68 bits per heavy atom. The van der Waals surface area contributed by atoms with Gasteiger partial charge in [0.05, 0.1) is 19.3 Å². The quantitative estimate of drug-likeness (QED) is 0.922. The predicted octanol–water partition coefficient (Wildman–Crippen LogP) is 2.55. The number of nitrogens with zero attached hydrogens (tertiary/aromatic N) is 1. The number of amides is 1. The number of hydrogen-bond acceptors (Lipinski definition) is 4. The van der Waals surface area contributed by atoms with Gasteiger partial charge in [-0.05, 0) is 34.5 Å². The van der Waals surface area contributed by atoms with Crippen LogP contribution in [-0.4, -0.2) is 43.7 Å². The number of rotatable bonds is 5. The van der Waals surface area contributed by atoms with Crippen LogP contribution >= 0.6 is 11.3 Å². The van der Waals surface area contributed by atoms with Crippen LogP contribution in [0, 0.1) is 0 Å². The minimum absolute atomic E-state index is 0.0194. The number of thiophene rings is 1. The minimum atomic E-state index is -0.0194. The van der Waals surface area contributed by atoms with Crippen molar-refractivity contribution in [2.45, 2.75) is 6.04 Å². The number of carbonyl (C=O) groups is 1. The van der Waals surface area contributed by atoms with E-state index in [4.69, 9.17) is 4.74 Å². The Morgan fingerprint density at radius 1 is 1.23 bits per heavy atom. The molecule has 1 amide bonds. The average molecular weight is 316 g/mol. The number of morpholine rings is 1. The van der Waals surface area contributed by atoms with Crippen molar-refractivity contribution < 1.29 is 9.53 Å². The van der Waals surface area contributed by atoms with Gasteiger partial charge in [-0.15, -0.1) is 0 Å². The molecule has 3 rings (SSSR count). The lowest BCUT2D eigenvalue weighted by Gasteiger charge is -2.34. The van der Waals surface area contributed by atoms with Crippen LogP contribution in [0.4, 0.5) is 0 Å². The summed E-state index contributed by atoms with van der Waals surface area (Å²) in [7, 11) is 0. The van der Waals surface area contributed by atoms with Crippen LogP contribution < -0.4 is 5.32 Å². The van der Waals surface area contributed by atoms with E-state index in [0.29, 0.717) is 12.1 Å². The number of ether oxygens (including phenoxy) is 1. The largest absolute Gasteiger partial charge is 0.379 e. The molecule has 5 heteroatoms. The number of nitrogens with one attached hydrogen (secondary N) is 1. The second-order valence-electron chi connectivity index (χ2n) is 5.30. The molecule has 1 aliphatic rings. The molecule has 2 aromatic rings. The van der Waals surface area contributed by atoms with Crippen molar-refractivity contribution in [3.05, 3.63) is 58.3 Å². The van der Waals surface area contributed by atoms with Gasteiger partial charge in [-0.1, -0.05) is 18.2 Å². The van der Waals surface area contributed by atoms with Gasteiger partial charge in [0, 0.05) is 25.2 Å². The average Bonchev–Trinajstić information content (AvgIpc) is 3.11.